The molecule has 0 saturated carbocycles. The van der Waals surface area contributed by atoms with Crippen molar-refractivity contribution in [2.24, 2.45) is 0 Å². The molecule has 0 aliphatic carbocycles. The summed E-state index contributed by atoms with van der Waals surface area (Å²) in [5.74, 6) is -0.129. The van der Waals surface area contributed by atoms with Crippen molar-refractivity contribution in [1.82, 2.24) is 25.1 Å². The Kier molecular flexibility index (Phi) is 3.68. The first-order valence-electron chi connectivity index (χ1n) is 6.46. The number of aromatic nitrogens is 4. The minimum atomic E-state index is -0.129. The van der Waals surface area contributed by atoms with Crippen LogP contribution >= 0.6 is 0 Å². The topological polar surface area (TPSA) is 72.7 Å². The second kappa shape index (κ2) is 5.96. The number of hydrogen-bond acceptors (Lipinski definition) is 4. The molecular weight excluding hydrogens is 266 g/mol. The lowest BCUT2D eigenvalue weighted by Crippen LogP contribution is -2.23. The van der Waals surface area contributed by atoms with Gasteiger partial charge in [-0.1, -0.05) is 6.07 Å². The minimum absolute atomic E-state index is 0.129. The quantitative estimate of drug-likeness (QED) is 0.787. The van der Waals surface area contributed by atoms with Crippen LogP contribution in [-0.2, 0) is 6.54 Å². The van der Waals surface area contributed by atoms with E-state index in [4.69, 9.17) is 0 Å². The maximum absolute atomic E-state index is 12.0. The van der Waals surface area contributed by atoms with Gasteiger partial charge >= 0.3 is 0 Å². The number of carbonyl (C=O) groups is 1. The summed E-state index contributed by atoms with van der Waals surface area (Å²) < 4.78 is 1.77. The first-order chi connectivity index (χ1) is 10.3. The molecular formula is C15H13N5O. The second-order valence-corrected chi connectivity index (χ2v) is 4.42. The molecule has 0 aliphatic rings. The lowest BCUT2D eigenvalue weighted by molar-refractivity contribution is 0.0950. The number of nitrogens with zero attached hydrogens (tertiary/aromatic N) is 4. The largest absolute Gasteiger partial charge is 0.346 e. The van der Waals surface area contributed by atoms with Crippen LogP contribution in [0, 0.1) is 0 Å². The van der Waals surface area contributed by atoms with Gasteiger partial charge in [0.25, 0.3) is 5.91 Å². The highest BCUT2D eigenvalue weighted by atomic mass is 16.1. The molecule has 2 aromatic heterocycles. The van der Waals surface area contributed by atoms with Crippen molar-refractivity contribution >= 4 is 5.91 Å². The fourth-order valence-corrected chi connectivity index (χ4v) is 1.89. The van der Waals surface area contributed by atoms with Gasteiger partial charge in [-0.05, 0) is 36.4 Å². The highest BCUT2D eigenvalue weighted by molar-refractivity contribution is 5.94. The van der Waals surface area contributed by atoms with Crippen molar-refractivity contribution in [1.29, 1.82) is 0 Å². The zero-order valence-corrected chi connectivity index (χ0v) is 11.2. The van der Waals surface area contributed by atoms with Gasteiger partial charge in [0.05, 0.1) is 12.2 Å². The van der Waals surface area contributed by atoms with Gasteiger partial charge in [0.1, 0.15) is 12.7 Å². The molecule has 0 saturated heterocycles. The molecule has 2 heterocycles. The van der Waals surface area contributed by atoms with E-state index in [1.165, 1.54) is 0 Å². The zero-order valence-electron chi connectivity index (χ0n) is 11.2. The summed E-state index contributed by atoms with van der Waals surface area (Å²) >= 11 is 0. The summed E-state index contributed by atoms with van der Waals surface area (Å²) in [4.78, 5) is 16.2. The Balaban J connectivity index is 1.65. The van der Waals surface area contributed by atoms with Crippen molar-refractivity contribution in [2.45, 2.75) is 6.54 Å². The first kappa shape index (κ1) is 13.0. The maximum atomic E-state index is 12.0. The molecule has 104 valence electrons. The van der Waals surface area contributed by atoms with Gasteiger partial charge < -0.3 is 5.32 Å². The van der Waals surface area contributed by atoms with Crippen LogP contribution in [0.1, 0.15) is 16.1 Å². The SMILES string of the molecule is O=C(NCc1ccccn1)c1ccc(-n2cnnc2)cc1. The molecule has 0 atom stereocenters. The van der Waals surface area contributed by atoms with E-state index < -0.39 is 0 Å². The van der Waals surface area contributed by atoms with Crippen LogP contribution < -0.4 is 5.32 Å². The van der Waals surface area contributed by atoms with E-state index in [1.807, 2.05) is 30.3 Å². The summed E-state index contributed by atoms with van der Waals surface area (Å²) in [5, 5.41) is 10.3. The summed E-state index contributed by atoms with van der Waals surface area (Å²) in [6.45, 7) is 0.410. The van der Waals surface area contributed by atoms with Gasteiger partial charge in [-0.2, -0.15) is 0 Å². The number of amides is 1. The van der Waals surface area contributed by atoms with E-state index in [0.29, 0.717) is 12.1 Å². The molecule has 0 radical (unpaired) electrons. The number of benzene rings is 1. The Morgan fingerprint density at radius 3 is 2.48 bits per heavy atom. The molecule has 1 N–H and O–H groups in total. The molecule has 1 amide bonds. The van der Waals surface area contributed by atoms with E-state index in [9.17, 15) is 4.79 Å². The van der Waals surface area contributed by atoms with Gasteiger partial charge in [0, 0.05) is 17.4 Å². The van der Waals surface area contributed by atoms with Crippen LogP contribution in [0.15, 0.2) is 61.3 Å². The second-order valence-electron chi connectivity index (χ2n) is 4.42. The number of nitrogens with one attached hydrogen (secondary N) is 1. The van der Waals surface area contributed by atoms with Gasteiger partial charge in [-0.3, -0.25) is 14.3 Å². The van der Waals surface area contributed by atoms with E-state index in [0.717, 1.165) is 11.4 Å². The third-order valence-electron chi connectivity index (χ3n) is 3.00. The van der Waals surface area contributed by atoms with Crippen molar-refractivity contribution in [3.8, 4) is 5.69 Å². The Hall–Kier alpha value is -3.02. The summed E-state index contributed by atoms with van der Waals surface area (Å²) in [5.41, 5.74) is 2.33. The predicted molar refractivity (Wildman–Crippen MR) is 76.8 cm³/mol. The van der Waals surface area contributed by atoms with E-state index >= 15 is 0 Å². The van der Waals surface area contributed by atoms with Crippen molar-refractivity contribution in [3.05, 3.63) is 72.6 Å². The fourth-order valence-electron chi connectivity index (χ4n) is 1.89. The van der Waals surface area contributed by atoms with Crippen LogP contribution in [0.4, 0.5) is 0 Å². The van der Waals surface area contributed by atoms with E-state index in [2.05, 4.69) is 20.5 Å². The van der Waals surface area contributed by atoms with Crippen LogP contribution in [0.5, 0.6) is 0 Å². The summed E-state index contributed by atoms with van der Waals surface area (Å²) in [7, 11) is 0. The molecule has 0 fully saturated rings. The average molecular weight is 279 g/mol. The molecule has 6 nitrogen and oxygen atoms in total. The molecule has 1 aromatic carbocycles. The zero-order chi connectivity index (χ0) is 14.5. The van der Waals surface area contributed by atoms with E-state index in [1.54, 1.807) is 35.6 Å². The fraction of sp³-hybridized carbons (Fsp3) is 0.0667. The van der Waals surface area contributed by atoms with Crippen LogP contribution in [0.3, 0.4) is 0 Å². The molecule has 0 spiro atoms. The summed E-state index contributed by atoms with van der Waals surface area (Å²) in [6.07, 6.45) is 4.92. The number of pyridine rings is 1. The Bertz CT molecular complexity index is 708. The third-order valence-corrected chi connectivity index (χ3v) is 3.00. The predicted octanol–water partition coefficient (Wildman–Crippen LogP) is 1.59. The van der Waals surface area contributed by atoms with Crippen LogP contribution in [0.2, 0.25) is 0 Å². The van der Waals surface area contributed by atoms with E-state index in [-0.39, 0.29) is 5.91 Å². The number of carbonyl (C=O) groups excluding carboxylic acids is 1. The van der Waals surface area contributed by atoms with Gasteiger partial charge in [-0.25, -0.2) is 0 Å². The highest BCUT2D eigenvalue weighted by Crippen LogP contribution is 2.08. The van der Waals surface area contributed by atoms with Crippen LogP contribution in [0.25, 0.3) is 5.69 Å². The van der Waals surface area contributed by atoms with Gasteiger partial charge in [0.2, 0.25) is 0 Å². The molecule has 21 heavy (non-hydrogen) atoms. The van der Waals surface area contributed by atoms with Gasteiger partial charge in [0.15, 0.2) is 0 Å². The normalized spacial score (nSPS) is 10.3. The van der Waals surface area contributed by atoms with Crippen molar-refractivity contribution in [2.75, 3.05) is 0 Å². The Morgan fingerprint density at radius 2 is 1.81 bits per heavy atom. The minimum Gasteiger partial charge on any atom is -0.346 e. The number of hydrogen-bond donors (Lipinski definition) is 1. The van der Waals surface area contributed by atoms with Crippen LogP contribution in [-0.4, -0.2) is 25.7 Å². The highest BCUT2D eigenvalue weighted by Gasteiger charge is 2.06. The maximum Gasteiger partial charge on any atom is 0.251 e. The molecule has 6 heteroatoms. The molecule has 0 aliphatic heterocycles. The average Bonchev–Trinajstić information content (AvgIpc) is 3.08. The lowest BCUT2D eigenvalue weighted by Gasteiger charge is -2.06. The standard InChI is InChI=1S/C15H13N5O/c21-15(17-9-13-3-1-2-8-16-13)12-4-6-14(7-5-12)20-10-18-19-11-20/h1-8,10-11H,9H2,(H,17,21). The Morgan fingerprint density at radius 1 is 1.05 bits per heavy atom. The van der Waals surface area contributed by atoms with Gasteiger partial charge in [-0.15, -0.1) is 10.2 Å². The summed E-state index contributed by atoms with van der Waals surface area (Å²) in [6, 6.07) is 12.8. The molecule has 3 rings (SSSR count). The molecule has 3 aromatic rings. The smallest absolute Gasteiger partial charge is 0.251 e. The Labute approximate surface area is 121 Å². The third kappa shape index (κ3) is 3.11. The molecule has 0 bridgehead atoms. The first-order valence-corrected chi connectivity index (χ1v) is 6.46. The molecule has 0 unspecified atom stereocenters. The number of rotatable bonds is 4. The van der Waals surface area contributed by atoms with Crippen molar-refractivity contribution < 1.29 is 4.79 Å². The monoisotopic (exact) mass is 279 g/mol. The lowest BCUT2D eigenvalue weighted by atomic mass is 10.2. The van der Waals surface area contributed by atoms with Crippen molar-refractivity contribution in [3.63, 3.8) is 0 Å².